The third-order valence-corrected chi connectivity index (χ3v) is 5.10. The third kappa shape index (κ3) is 4.87. The Morgan fingerprint density at radius 1 is 1.20 bits per heavy atom. The average molecular weight is 285 g/mol. The van der Waals surface area contributed by atoms with Crippen LogP contribution in [0, 0.1) is 23.7 Å². The Bertz CT molecular complexity index is 298. The van der Waals surface area contributed by atoms with Crippen LogP contribution in [0.2, 0.25) is 0 Å². The van der Waals surface area contributed by atoms with E-state index in [0.717, 1.165) is 12.8 Å². The van der Waals surface area contributed by atoms with Gasteiger partial charge in [0.25, 0.3) is 0 Å². The molecule has 2 N–H and O–H groups in total. The van der Waals surface area contributed by atoms with Crippen LogP contribution in [-0.4, -0.2) is 11.7 Å². The molecule has 0 amide bonds. The minimum atomic E-state index is -1.34. The maximum Gasteiger partial charge on any atom is 0.136 e. The molecule has 5 atom stereocenters. The summed E-state index contributed by atoms with van der Waals surface area (Å²) in [7, 11) is 0. The van der Waals surface area contributed by atoms with Gasteiger partial charge >= 0.3 is 0 Å². The summed E-state index contributed by atoms with van der Waals surface area (Å²) in [6.45, 7) is 18.6. The summed E-state index contributed by atoms with van der Waals surface area (Å²) in [6, 6.07) is -0.141. The molecule has 0 aliphatic carbocycles. The lowest BCUT2D eigenvalue weighted by molar-refractivity contribution is 0.0583. The molecular weight excluding hydrogens is 249 g/mol. The number of hydrogen-bond acceptors (Lipinski definition) is 1. The number of halogens is 1. The van der Waals surface area contributed by atoms with Crippen LogP contribution in [0.3, 0.4) is 0 Å². The van der Waals surface area contributed by atoms with Crippen molar-refractivity contribution in [3.05, 3.63) is 12.2 Å². The maximum atomic E-state index is 15.7. The fraction of sp³-hybridized carbons (Fsp3) is 0.889. The standard InChI is InChI=1S/C18H36FN/c1-9-10-17(16(8)20)18(19,13(4)5)11-14(6)15(7)12(2)3/h12,14-17H,4,9-11,20H2,1-3,5-8H3/t14?,15?,16?,17-,18?/m1/s1. The van der Waals surface area contributed by atoms with E-state index in [9.17, 15) is 0 Å². The minimum Gasteiger partial charge on any atom is -0.328 e. The van der Waals surface area contributed by atoms with Gasteiger partial charge in [0, 0.05) is 12.0 Å². The van der Waals surface area contributed by atoms with Gasteiger partial charge in [-0.15, -0.1) is 0 Å². The zero-order chi connectivity index (χ0) is 16.1. The number of nitrogens with two attached hydrogens (primary N) is 1. The van der Waals surface area contributed by atoms with Crippen molar-refractivity contribution in [1.82, 2.24) is 0 Å². The molecule has 2 heteroatoms. The largest absolute Gasteiger partial charge is 0.328 e. The number of alkyl halides is 1. The molecule has 0 aliphatic rings. The van der Waals surface area contributed by atoms with Crippen LogP contribution >= 0.6 is 0 Å². The lowest BCUT2D eigenvalue weighted by Crippen LogP contribution is -2.45. The van der Waals surface area contributed by atoms with Crippen LogP contribution in [0.25, 0.3) is 0 Å². The smallest absolute Gasteiger partial charge is 0.136 e. The van der Waals surface area contributed by atoms with Gasteiger partial charge in [0.2, 0.25) is 0 Å². The normalized spacial score (nSPS) is 21.1. The molecule has 0 fully saturated rings. The molecule has 0 saturated carbocycles. The Kier molecular flexibility index (Phi) is 8.01. The SMILES string of the molecule is C=C(C)C(F)(CC(C)C(C)C(C)C)[C@H](CCC)C(C)N. The lowest BCUT2D eigenvalue weighted by atomic mass is 9.70. The second-order valence-corrected chi connectivity index (χ2v) is 7.18. The Labute approximate surface area is 126 Å². The van der Waals surface area contributed by atoms with Gasteiger partial charge < -0.3 is 5.73 Å². The quantitative estimate of drug-likeness (QED) is 0.568. The molecule has 0 rings (SSSR count). The fourth-order valence-corrected chi connectivity index (χ4v) is 3.17. The first kappa shape index (κ1) is 19.6. The molecule has 0 aromatic heterocycles. The van der Waals surface area contributed by atoms with Crippen molar-refractivity contribution in [2.45, 2.75) is 79.4 Å². The molecule has 4 unspecified atom stereocenters. The van der Waals surface area contributed by atoms with Crippen molar-refractivity contribution < 1.29 is 4.39 Å². The van der Waals surface area contributed by atoms with E-state index in [1.807, 2.05) is 13.8 Å². The second-order valence-electron chi connectivity index (χ2n) is 7.18. The van der Waals surface area contributed by atoms with Crippen LogP contribution in [0.4, 0.5) is 4.39 Å². The highest BCUT2D eigenvalue weighted by Gasteiger charge is 2.43. The molecule has 0 heterocycles. The van der Waals surface area contributed by atoms with E-state index in [1.165, 1.54) is 0 Å². The van der Waals surface area contributed by atoms with E-state index in [4.69, 9.17) is 5.73 Å². The van der Waals surface area contributed by atoms with Crippen LogP contribution < -0.4 is 5.73 Å². The van der Waals surface area contributed by atoms with Crippen molar-refractivity contribution in [2.75, 3.05) is 0 Å². The summed E-state index contributed by atoms with van der Waals surface area (Å²) in [5, 5.41) is 0. The van der Waals surface area contributed by atoms with E-state index in [0.29, 0.717) is 29.7 Å². The summed E-state index contributed by atoms with van der Waals surface area (Å²) in [6.07, 6.45) is 2.32. The van der Waals surface area contributed by atoms with Gasteiger partial charge in [-0.05, 0) is 50.0 Å². The highest BCUT2D eigenvalue weighted by Crippen LogP contribution is 2.42. The van der Waals surface area contributed by atoms with Gasteiger partial charge in [-0.25, -0.2) is 4.39 Å². The highest BCUT2D eigenvalue weighted by molar-refractivity contribution is 5.14. The van der Waals surface area contributed by atoms with Crippen LogP contribution in [0.15, 0.2) is 12.2 Å². The summed E-state index contributed by atoms with van der Waals surface area (Å²) in [5.41, 5.74) is 5.37. The van der Waals surface area contributed by atoms with Crippen molar-refractivity contribution in [3.63, 3.8) is 0 Å². The van der Waals surface area contributed by atoms with Gasteiger partial charge in [0.05, 0.1) is 0 Å². The monoisotopic (exact) mass is 285 g/mol. The maximum absolute atomic E-state index is 15.7. The Hall–Kier alpha value is -0.370. The Balaban J connectivity index is 5.23. The van der Waals surface area contributed by atoms with E-state index in [-0.39, 0.29) is 12.0 Å². The van der Waals surface area contributed by atoms with Crippen molar-refractivity contribution in [3.8, 4) is 0 Å². The lowest BCUT2D eigenvalue weighted by Gasteiger charge is -2.40. The number of allylic oxidation sites excluding steroid dienone is 1. The Morgan fingerprint density at radius 3 is 2.00 bits per heavy atom. The molecule has 0 aromatic carbocycles. The van der Waals surface area contributed by atoms with Gasteiger partial charge in [-0.3, -0.25) is 0 Å². The molecule has 0 bridgehead atoms. The molecule has 0 aromatic rings. The second kappa shape index (κ2) is 8.17. The molecule has 20 heavy (non-hydrogen) atoms. The zero-order valence-electron chi connectivity index (χ0n) is 14.7. The summed E-state index contributed by atoms with van der Waals surface area (Å²) in [5.74, 6) is 1.26. The average Bonchev–Trinajstić information content (AvgIpc) is 2.33. The number of hydrogen-bond donors (Lipinski definition) is 1. The third-order valence-electron chi connectivity index (χ3n) is 5.10. The van der Waals surface area contributed by atoms with Crippen LogP contribution in [-0.2, 0) is 0 Å². The van der Waals surface area contributed by atoms with E-state index >= 15 is 4.39 Å². The molecule has 0 saturated heterocycles. The van der Waals surface area contributed by atoms with Gasteiger partial charge in [0.15, 0.2) is 0 Å². The molecular formula is C18H36FN. The first-order chi connectivity index (χ1) is 9.07. The van der Waals surface area contributed by atoms with Crippen molar-refractivity contribution >= 4 is 0 Å². The van der Waals surface area contributed by atoms with Gasteiger partial charge in [-0.2, -0.15) is 0 Å². The molecule has 1 nitrogen and oxygen atoms in total. The molecule has 120 valence electrons. The first-order valence-corrected chi connectivity index (χ1v) is 8.18. The molecule has 0 spiro atoms. The zero-order valence-corrected chi connectivity index (χ0v) is 14.7. The van der Waals surface area contributed by atoms with Crippen molar-refractivity contribution in [2.24, 2.45) is 29.4 Å². The van der Waals surface area contributed by atoms with Crippen molar-refractivity contribution in [1.29, 1.82) is 0 Å². The predicted octanol–water partition coefficient (Wildman–Crippen LogP) is 5.35. The summed E-state index contributed by atoms with van der Waals surface area (Å²) in [4.78, 5) is 0. The van der Waals surface area contributed by atoms with E-state index in [1.54, 1.807) is 0 Å². The summed E-state index contributed by atoms with van der Waals surface area (Å²) < 4.78 is 15.7. The van der Waals surface area contributed by atoms with Gasteiger partial charge in [0.1, 0.15) is 5.67 Å². The van der Waals surface area contributed by atoms with Crippen LogP contribution in [0.5, 0.6) is 0 Å². The number of rotatable bonds is 9. The molecule has 0 aliphatic heterocycles. The Morgan fingerprint density at radius 2 is 1.70 bits per heavy atom. The first-order valence-electron chi connectivity index (χ1n) is 8.18. The van der Waals surface area contributed by atoms with E-state index < -0.39 is 5.67 Å². The topological polar surface area (TPSA) is 26.0 Å². The molecule has 0 radical (unpaired) electrons. The highest BCUT2D eigenvalue weighted by atomic mass is 19.1. The van der Waals surface area contributed by atoms with E-state index in [2.05, 4.69) is 41.2 Å². The predicted molar refractivity (Wildman–Crippen MR) is 88.5 cm³/mol. The van der Waals surface area contributed by atoms with Crippen LogP contribution in [0.1, 0.15) is 67.7 Å². The fourth-order valence-electron chi connectivity index (χ4n) is 3.17. The van der Waals surface area contributed by atoms with Gasteiger partial charge in [-0.1, -0.05) is 47.6 Å². The summed E-state index contributed by atoms with van der Waals surface area (Å²) >= 11 is 0. The minimum absolute atomic E-state index is 0.133.